The fourth-order valence-electron chi connectivity index (χ4n) is 3.80. The lowest BCUT2D eigenvalue weighted by molar-refractivity contribution is 0.255. The fourth-order valence-corrected chi connectivity index (χ4v) is 3.80. The van der Waals surface area contributed by atoms with E-state index in [9.17, 15) is 4.39 Å². The molecule has 4 aromatic rings. The molecule has 1 aliphatic rings. The van der Waals surface area contributed by atoms with Crippen molar-refractivity contribution in [1.29, 1.82) is 0 Å². The molecule has 0 spiro atoms. The normalized spacial score (nSPS) is 16.9. The number of para-hydroxylation sites is 1. The van der Waals surface area contributed by atoms with Crippen LogP contribution in [0.2, 0.25) is 0 Å². The van der Waals surface area contributed by atoms with E-state index in [1.165, 1.54) is 17.7 Å². The Morgan fingerprint density at radius 2 is 1.97 bits per heavy atom. The monoisotopic (exact) mass is 404 g/mol. The predicted octanol–water partition coefficient (Wildman–Crippen LogP) is 4.33. The van der Waals surface area contributed by atoms with Gasteiger partial charge < -0.3 is 9.15 Å². The number of rotatable bonds is 6. The van der Waals surface area contributed by atoms with Gasteiger partial charge in [0.15, 0.2) is 6.61 Å². The molecule has 0 amide bonds. The molecule has 0 bridgehead atoms. The van der Waals surface area contributed by atoms with E-state index in [4.69, 9.17) is 9.15 Å². The Labute approximate surface area is 173 Å². The molecule has 152 valence electrons. The Balaban J connectivity index is 1.18. The molecule has 0 saturated carbocycles. The lowest BCUT2D eigenvalue weighted by Crippen LogP contribution is -2.19. The molecule has 0 aliphatic carbocycles. The second-order valence-electron chi connectivity index (χ2n) is 7.53. The summed E-state index contributed by atoms with van der Waals surface area (Å²) in [6.07, 6.45) is 2.93. The van der Waals surface area contributed by atoms with Crippen molar-refractivity contribution in [3.63, 3.8) is 0 Å². The maximum Gasteiger partial charge on any atom is 0.253 e. The van der Waals surface area contributed by atoms with E-state index in [0.717, 1.165) is 37.0 Å². The molecule has 7 heteroatoms. The number of pyridine rings is 1. The highest BCUT2D eigenvalue weighted by Gasteiger charge is 2.28. The molecule has 0 unspecified atom stereocenters. The average molecular weight is 404 g/mol. The summed E-state index contributed by atoms with van der Waals surface area (Å²) < 4.78 is 24.3. The third-order valence-corrected chi connectivity index (χ3v) is 5.33. The number of aromatic nitrogens is 3. The van der Waals surface area contributed by atoms with E-state index in [0.29, 0.717) is 17.5 Å². The predicted molar refractivity (Wildman–Crippen MR) is 109 cm³/mol. The third kappa shape index (κ3) is 4.16. The smallest absolute Gasteiger partial charge is 0.253 e. The Kier molecular flexibility index (Phi) is 5.11. The van der Waals surface area contributed by atoms with E-state index in [2.05, 4.69) is 32.2 Å². The molecule has 6 nitrogen and oxygen atoms in total. The van der Waals surface area contributed by atoms with Crippen molar-refractivity contribution >= 4 is 10.9 Å². The summed E-state index contributed by atoms with van der Waals surface area (Å²) in [4.78, 5) is 6.94. The Morgan fingerprint density at radius 3 is 2.87 bits per heavy atom. The summed E-state index contributed by atoms with van der Waals surface area (Å²) in [7, 11) is 0. The van der Waals surface area contributed by atoms with Crippen molar-refractivity contribution < 1.29 is 13.5 Å². The van der Waals surface area contributed by atoms with E-state index in [1.54, 1.807) is 12.1 Å². The van der Waals surface area contributed by atoms with Gasteiger partial charge in [-0.3, -0.25) is 9.88 Å². The van der Waals surface area contributed by atoms with Crippen LogP contribution in [0.5, 0.6) is 5.75 Å². The standard InChI is InChI=1S/C23H21FN4O2/c24-19-5-7-20(8-6-19)29-15-22-26-27-23(30-22)18-9-10-28(14-18)13-16-11-17-3-1-2-4-21(17)25-12-16/h1-8,11-12,18H,9-10,13-15H2/t18-/m0/s1. The van der Waals surface area contributed by atoms with Crippen molar-refractivity contribution in [2.24, 2.45) is 0 Å². The quantitative estimate of drug-likeness (QED) is 0.477. The van der Waals surface area contributed by atoms with Crippen LogP contribution in [-0.4, -0.2) is 33.2 Å². The zero-order valence-electron chi connectivity index (χ0n) is 16.4. The summed E-state index contributed by atoms with van der Waals surface area (Å²) in [5, 5.41) is 9.46. The third-order valence-electron chi connectivity index (χ3n) is 5.33. The van der Waals surface area contributed by atoms with Crippen LogP contribution < -0.4 is 4.74 Å². The molecule has 0 N–H and O–H groups in total. The molecule has 1 aliphatic heterocycles. The van der Waals surface area contributed by atoms with Crippen molar-refractivity contribution in [1.82, 2.24) is 20.1 Å². The van der Waals surface area contributed by atoms with Gasteiger partial charge in [-0.2, -0.15) is 0 Å². The summed E-state index contributed by atoms with van der Waals surface area (Å²) in [5.41, 5.74) is 2.22. The summed E-state index contributed by atoms with van der Waals surface area (Å²) in [6.45, 7) is 2.86. The van der Waals surface area contributed by atoms with Crippen LogP contribution >= 0.6 is 0 Å². The van der Waals surface area contributed by atoms with Crippen LogP contribution in [0, 0.1) is 5.82 Å². The van der Waals surface area contributed by atoms with E-state index >= 15 is 0 Å². The lowest BCUT2D eigenvalue weighted by Gasteiger charge is -2.15. The second kappa shape index (κ2) is 8.20. The van der Waals surface area contributed by atoms with Gasteiger partial charge in [-0.25, -0.2) is 4.39 Å². The van der Waals surface area contributed by atoms with Gasteiger partial charge in [0, 0.05) is 24.7 Å². The molecule has 3 heterocycles. The number of halogens is 1. The van der Waals surface area contributed by atoms with Crippen molar-refractivity contribution in [2.75, 3.05) is 13.1 Å². The SMILES string of the molecule is Fc1ccc(OCc2nnc([C@H]3CCN(Cc4cnc5ccccc5c4)C3)o2)cc1. The lowest BCUT2D eigenvalue weighted by atomic mass is 10.1. The number of fused-ring (bicyclic) bond motifs is 1. The molecule has 1 atom stereocenters. The van der Waals surface area contributed by atoms with E-state index in [-0.39, 0.29) is 18.3 Å². The molecular formula is C23H21FN4O2. The largest absolute Gasteiger partial charge is 0.484 e. The number of hydrogen-bond donors (Lipinski definition) is 0. The van der Waals surface area contributed by atoms with E-state index < -0.39 is 0 Å². The number of benzene rings is 2. The Bertz CT molecular complexity index is 1150. The molecule has 1 saturated heterocycles. The molecular weight excluding hydrogens is 383 g/mol. The molecule has 1 fully saturated rings. The highest BCUT2D eigenvalue weighted by molar-refractivity contribution is 5.78. The molecule has 0 radical (unpaired) electrons. The Morgan fingerprint density at radius 1 is 1.10 bits per heavy atom. The van der Waals surface area contributed by atoms with Crippen LogP contribution in [0.15, 0.2) is 65.2 Å². The van der Waals surface area contributed by atoms with Crippen LogP contribution in [0.3, 0.4) is 0 Å². The van der Waals surface area contributed by atoms with Crippen LogP contribution in [0.25, 0.3) is 10.9 Å². The number of hydrogen-bond acceptors (Lipinski definition) is 6. The molecule has 5 rings (SSSR count). The summed E-state index contributed by atoms with van der Waals surface area (Å²) in [5.74, 6) is 1.55. The maximum absolute atomic E-state index is 13.0. The number of likely N-dealkylation sites (tertiary alicyclic amines) is 1. The molecule has 2 aromatic heterocycles. The van der Waals surface area contributed by atoms with Crippen LogP contribution in [0.1, 0.15) is 29.7 Å². The van der Waals surface area contributed by atoms with Crippen molar-refractivity contribution in [3.05, 3.63) is 84.0 Å². The van der Waals surface area contributed by atoms with Crippen molar-refractivity contribution in [3.8, 4) is 5.75 Å². The summed E-state index contributed by atoms with van der Waals surface area (Å²) >= 11 is 0. The second-order valence-corrected chi connectivity index (χ2v) is 7.53. The summed E-state index contributed by atoms with van der Waals surface area (Å²) in [6, 6.07) is 16.2. The number of nitrogens with zero attached hydrogens (tertiary/aromatic N) is 4. The van der Waals surface area contributed by atoms with Crippen LogP contribution in [0.4, 0.5) is 4.39 Å². The topological polar surface area (TPSA) is 64.3 Å². The van der Waals surface area contributed by atoms with Gasteiger partial charge in [0.2, 0.25) is 5.89 Å². The van der Waals surface area contributed by atoms with Gasteiger partial charge in [-0.15, -0.1) is 10.2 Å². The first-order chi connectivity index (χ1) is 14.7. The first-order valence-electron chi connectivity index (χ1n) is 9.99. The van der Waals surface area contributed by atoms with Gasteiger partial charge in [0.1, 0.15) is 11.6 Å². The first kappa shape index (κ1) is 18.7. The zero-order valence-corrected chi connectivity index (χ0v) is 16.4. The zero-order chi connectivity index (χ0) is 20.3. The highest BCUT2D eigenvalue weighted by atomic mass is 19.1. The minimum absolute atomic E-state index is 0.165. The first-order valence-corrected chi connectivity index (χ1v) is 9.99. The molecule has 2 aromatic carbocycles. The van der Waals surface area contributed by atoms with Gasteiger partial charge in [-0.05, 0) is 54.9 Å². The van der Waals surface area contributed by atoms with Crippen molar-refractivity contribution in [2.45, 2.75) is 25.5 Å². The van der Waals surface area contributed by atoms with Gasteiger partial charge in [-0.1, -0.05) is 18.2 Å². The maximum atomic E-state index is 13.0. The Hall–Kier alpha value is -3.32. The highest BCUT2D eigenvalue weighted by Crippen LogP contribution is 2.28. The minimum atomic E-state index is -0.298. The van der Waals surface area contributed by atoms with Gasteiger partial charge in [0.25, 0.3) is 5.89 Å². The van der Waals surface area contributed by atoms with E-state index in [1.807, 2.05) is 24.4 Å². The fraction of sp³-hybridized carbons (Fsp3) is 0.261. The van der Waals surface area contributed by atoms with Crippen LogP contribution in [-0.2, 0) is 13.2 Å². The average Bonchev–Trinajstić information content (AvgIpc) is 3.43. The van der Waals surface area contributed by atoms with Gasteiger partial charge >= 0.3 is 0 Å². The van der Waals surface area contributed by atoms with Gasteiger partial charge in [0.05, 0.1) is 11.4 Å². The minimum Gasteiger partial charge on any atom is -0.484 e. The molecule has 30 heavy (non-hydrogen) atoms. The number of ether oxygens (including phenoxy) is 1.